The van der Waals surface area contributed by atoms with E-state index in [1.54, 1.807) is 0 Å². The molecule has 0 saturated carbocycles. The molecule has 0 atom stereocenters. The van der Waals surface area contributed by atoms with E-state index in [-0.39, 0.29) is 6.54 Å². The summed E-state index contributed by atoms with van der Waals surface area (Å²) in [5.74, 6) is -3.72. The van der Waals surface area contributed by atoms with E-state index in [0.717, 1.165) is 18.4 Å². The zero-order valence-electron chi connectivity index (χ0n) is 17.2. The van der Waals surface area contributed by atoms with Gasteiger partial charge in [0.1, 0.15) is 0 Å². The molecule has 0 spiro atoms. The van der Waals surface area contributed by atoms with Crippen molar-refractivity contribution in [3.05, 3.63) is 35.4 Å². The second kappa shape index (κ2) is 12.9. The third-order valence-electron chi connectivity index (χ3n) is 4.98. The Morgan fingerprint density at radius 3 is 1.69 bits per heavy atom. The van der Waals surface area contributed by atoms with Crippen LogP contribution < -0.4 is 5.32 Å². The number of aliphatic carboxylic acids is 3. The van der Waals surface area contributed by atoms with Crippen LogP contribution in [0.3, 0.4) is 0 Å². The third-order valence-corrected chi connectivity index (χ3v) is 4.98. The maximum absolute atomic E-state index is 11.2. The zero-order chi connectivity index (χ0) is 21.7. The molecular weight excluding hydrogens is 374 g/mol. The number of nitrogens with one attached hydrogen (secondary N) is 1. The molecule has 0 unspecified atom stereocenters. The van der Waals surface area contributed by atoms with E-state index in [0.29, 0.717) is 0 Å². The highest BCUT2D eigenvalue weighted by molar-refractivity contribution is 5.77. The van der Waals surface area contributed by atoms with Gasteiger partial charge in [-0.15, -0.1) is 0 Å². The lowest BCUT2D eigenvalue weighted by Gasteiger charge is -2.31. The van der Waals surface area contributed by atoms with Crippen molar-refractivity contribution in [2.45, 2.75) is 83.2 Å². The topological polar surface area (TPSA) is 124 Å². The molecule has 0 aliphatic rings. The summed E-state index contributed by atoms with van der Waals surface area (Å²) in [6.45, 7) is 2.40. The average molecular weight is 408 g/mol. The quantitative estimate of drug-likeness (QED) is 0.307. The van der Waals surface area contributed by atoms with E-state index in [1.807, 2.05) is 24.3 Å². The second-order valence-corrected chi connectivity index (χ2v) is 7.68. The Balaban J connectivity index is 2.65. The van der Waals surface area contributed by atoms with E-state index < -0.39 is 42.7 Å². The summed E-state index contributed by atoms with van der Waals surface area (Å²) in [5.41, 5.74) is 0.528. The highest BCUT2D eigenvalue weighted by atomic mass is 16.4. The first kappa shape index (κ1) is 24.6. The second-order valence-electron chi connectivity index (χ2n) is 7.68. The van der Waals surface area contributed by atoms with Crippen LogP contribution in [-0.2, 0) is 27.3 Å². The summed E-state index contributed by atoms with van der Waals surface area (Å²) in [5, 5.41) is 30.3. The minimum Gasteiger partial charge on any atom is -0.481 e. The third kappa shape index (κ3) is 10.6. The molecule has 0 aromatic heterocycles. The van der Waals surface area contributed by atoms with Gasteiger partial charge in [-0.3, -0.25) is 14.4 Å². The fraction of sp³-hybridized carbons (Fsp3) is 0.591. The number of carboxylic acids is 3. The van der Waals surface area contributed by atoms with E-state index >= 15 is 0 Å². The molecule has 0 aliphatic carbocycles. The summed E-state index contributed by atoms with van der Waals surface area (Å²) in [4.78, 5) is 33.6. The predicted molar refractivity (Wildman–Crippen MR) is 110 cm³/mol. The maximum atomic E-state index is 11.2. The van der Waals surface area contributed by atoms with Crippen LogP contribution >= 0.6 is 0 Å². The van der Waals surface area contributed by atoms with Gasteiger partial charge in [0.2, 0.25) is 0 Å². The number of rotatable bonds is 16. The lowest BCUT2D eigenvalue weighted by Crippen LogP contribution is -2.49. The molecule has 29 heavy (non-hydrogen) atoms. The molecule has 0 fully saturated rings. The summed E-state index contributed by atoms with van der Waals surface area (Å²) in [7, 11) is 0. The molecule has 0 bridgehead atoms. The van der Waals surface area contributed by atoms with Crippen LogP contribution in [0, 0.1) is 0 Å². The van der Waals surface area contributed by atoms with Crippen LogP contribution in [0.25, 0.3) is 0 Å². The van der Waals surface area contributed by atoms with Crippen molar-refractivity contribution in [2.24, 2.45) is 0 Å². The molecule has 0 radical (unpaired) electrons. The fourth-order valence-corrected chi connectivity index (χ4v) is 3.47. The van der Waals surface area contributed by atoms with Crippen LogP contribution in [-0.4, -0.2) is 38.8 Å². The van der Waals surface area contributed by atoms with Gasteiger partial charge in [-0.05, 0) is 24.0 Å². The van der Waals surface area contributed by atoms with E-state index in [2.05, 4.69) is 12.2 Å². The number of carbonyl (C=O) groups is 3. The predicted octanol–water partition coefficient (Wildman–Crippen LogP) is 3.84. The highest BCUT2D eigenvalue weighted by Gasteiger charge is 2.37. The van der Waals surface area contributed by atoms with Crippen LogP contribution in [0.15, 0.2) is 24.3 Å². The molecule has 4 N–H and O–H groups in total. The smallest absolute Gasteiger partial charge is 0.305 e. The van der Waals surface area contributed by atoms with E-state index in [4.69, 9.17) is 15.3 Å². The first-order valence-electron chi connectivity index (χ1n) is 10.2. The minimum absolute atomic E-state index is 0.200. The Bertz CT molecular complexity index is 615. The molecule has 1 aromatic carbocycles. The molecule has 0 heterocycles. The van der Waals surface area contributed by atoms with Gasteiger partial charge in [0, 0.05) is 12.1 Å². The van der Waals surface area contributed by atoms with Crippen LogP contribution in [0.4, 0.5) is 0 Å². The summed E-state index contributed by atoms with van der Waals surface area (Å²) >= 11 is 0. The van der Waals surface area contributed by atoms with Crippen LogP contribution in [0.5, 0.6) is 0 Å². The number of hydrogen-bond donors (Lipinski definition) is 4. The molecule has 7 nitrogen and oxygen atoms in total. The van der Waals surface area contributed by atoms with E-state index in [9.17, 15) is 14.4 Å². The molecular formula is C22H33NO6. The lowest BCUT2D eigenvalue weighted by molar-refractivity contribution is -0.144. The van der Waals surface area contributed by atoms with Gasteiger partial charge in [0.25, 0.3) is 0 Å². The largest absolute Gasteiger partial charge is 0.481 e. The Hall–Kier alpha value is -2.41. The standard InChI is InChI=1S/C22H33NO6/c1-2-3-4-5-6-7-8-17-9-11-18(12-10-17)16-23-22(13-19(24)25,14-20(26)27)15-21(28)29/h9-12,23H,2-8,13-16H2,1H3,(H,24,25)(H,26,27)(H,28,29). The molecule has 162 valence electrons. The molecule has 1 rings (SSSR count). The normalized spacial score (nSPS) is 11.3. The van der Waals surface area contributed by atoms with Gasteiger partial charge in [-0.25, -0.2) is 0 Å². The molecule has 0 amide bonds. The van der Waals surface area contributed by atoms with Gasteiger partial charge in [-0.1, -0.05) is 63.3 Å². The van der Waals surface area contributed by atoms with Crippen molar-refractivity contribution in [2.75, 3.05) is 0 Å². The number of hydrogen-bond acceptors (Lipinski definition) is 4. The molecule has 0 aliphatic heterocycles. The summed E-state index contributed by atoms with van der Waals surface area (Å²) in [6, 6.07) is 7.84. The first-order chi connectivity index (χ1) is 13.8. The van der Waals surface area contributed by atoms with Gasteiger partial charge in [-0.2, -0.15) is 0 Å². The lowest BCUT2D eigenvalue weighted by atomic mass is 9.87. The van der Waals surface area contributed by atoms with Crippen molar-refractivity contribution in [1.29, 1.82) is 0 Å². The van der Waals surface area contributed by atoms with Crippen molar-refractivity contribution in [3.63, 3.8) is 0 Å². The SMILES string of the molecule is CCCCCCCCc1ccc(CNC(CC(=O)O)(CC(=O)O)CC(=O)O)cc1. The van der Waals surface area contributed by atoms with Crippen LogP contribution in [0.2, 0.25) is 0 Å². The Morgan fingerprint density at radius 2 is 1.21 bits per heavy atom. The van der Waals surface area contributed by atoms with Gasteiger partial charge in [0.05, 0.1) is 19.3 Å². The first-order valence-corrected chi connectivity index (χ1v) is 10.2. The van der Waals surface area contributed by atoms with Gasteiger partial charge >= 0.3 is 17.9 Å². The van der Waals surface area contributed by atoms with Crippen molar-refractivity contribution >= 4 is 17.9 Å². The molecule has 0 saturated heterocycles. The zero-order valence-corrected chi connectivity index (χ0v) is 17.2. The monoisotopic (exact) mass is 407 g/mol. The maximum Gasteiger partial charge on any atom is 0.305 e. The Kier molecular flexibility index (Phi) is 11.0. The minimum atomic E-state index is -1.54. The summed E-state index contributed by atoms with van der Waals surface area (Å²) in [6.07, 6.45) is 6.68. The average Bonchev–Trinajstić information content (AvgIpc) is 2.62. The van der Waals surface area contributed by atoms with Crippen molar-refractivity contribution in [3.8, 4) is 0 Å². The number of aryl methyl sites for hydroxylation is 1. The fourth-order valence-electron chi connectivity index (χ4n) is 3.47. The van der Waals surface area contributed by atoms with Crippen molar-refractivity contribution in [1.82, 2.24) is 5.32 Å². The number of unbranched alkanes of at least 4 members (excludes halogenated alkanes) is 5. The van der Waals surface area contributed by atoms with Gasteiger partial charge < -0.3 is 20.6 Å². The highest BCUT2D eigenvalue weighted by Crippen LogP contribution is 2.22. The Morgan fingerprint density at radius 1 is 0.759 bits per heavy atom. The molecule has 1 aromatic rings. The Labute approximate surface area is 172 Å². The van der Waals surface area contributed by atoms with Crippen molar-refractivity contribution < 1.29 is 29.7 Å². The summed E-state index contributed by atoms with van der Waals surface area (Å²) < 4.78 is 0. The van der Waals surface area contributed by atoms with E-state index in [1.165, 1.54) is 37.7 Å². The number of benzene rings is 1. The van der Waals surface area contributed by atoms with Crippen LogP contribution in [0.1, 0.15) is 75.8 Å². The molecule has 7 heteroatoms. The van der Waals surface area contributed by atoms with Gasteiger partial charge in [0.15, 0.2) is 0 Å². The number of carboxylic acid groups (broad SMARTS) is 3.